The van der Waals surface area contributed by atoms with Gasteiger partial charge in [-0.05, 0) is 49.4 Å². The summed E-state index contributed by atoms with van der Waals surface area (Å²) in [5.74, 6) is -0.155. The zero-order valence-electron chi connectivity index (χ0n) is 15.3. The van der Waals surface area contributed by atoms with Crippen LogP contribution >= 0.6 is 11.6 Å². The first-order chi connectivity index (χ1) is 12.4. The second-order valence-electron chi connectivity index (χ2n) is 6.29. The van der Waals surface area contributed by atoms with Gasteiger partial charge >= 0.3 is 0 Å². The van der Waals surface area contributed by atoms with Crippen molar-refractivity contribution in [1.82, 2.24) is 15.5 Å². The Balaban J connectivity index is 1.84. The van der Waals surface area contributed by atoms with E-state index in [1.165, 1.54) is 0 Å². The Morgan fingerprint density at radius 1 is 1.08 bits per heavy atom. The first-order valence-corrected chi connectivity index (χ1v) is 8.81. The molecule has 6 heteroatoms. The lowest BCUT2D eigenvalue weighted by Crippen LogP contribution is -2.36. The van der Waals surface area contributed by atoms with Crippen molar-refractivity contribution >= 4 is 23.4 Å². The van der Waals surface area contributed by atoms with Crippen molar-refractivity contribution < 1.29 is 9.59 Å². The van der Waals surface area contributed by atoms with Gasteiger partial charge in [0.25, 0.3) is 5.91 Å². The zero-order chi connectivity index (χ0) is 19.1. The van der Waals surface area contributed by atoms with Crippen LogP contribution in [0.5, 0.6) is 0 Å². The van der Waals surface area contributed by atoms with Crippen LogP contribution in [0.15, 0.2) is 48.5 Å². The molecular weight excluding hydrogens is 350 g/mol. The van der Waals surface area contributed by atoms with Gasteiger partial charge in [0, 0.05) is 24.2 Å². The third-order valence-corrected chi connectivity index (χ3v) is 4.31. The molecule has 0 radical (unpaired) electrons. The quantitative estimate of drug-likeness (QED) is 0.784. The van der Waals surface area contributed by atoms with Crippen molar-refractivity contribution in [2.24, 2.45) is 0 Å². The molecule has 26 heavy (non-hydrogen) atoms. The number of carbonyl (C=O) groups is 2. The van der Waals surface area contributed by atoms with E-state index in [2.05, 4.69) is 10.6 Å². The van der Waals surface area contributed by atoms with E-state index in [0.29, 0.717) is 17.1 Å². The van der Waals surface area contributed by atoms with E-state index in [-0.39, 0.29) is 24.4 Å². The summed E-state index contributed by atoms with van der Waals surface area (Å²) in [6, 6.07) is 14.7. The maximum atomic E-state index is 12.2. The third-order valence-electron chi connectivity index (χ3n) is 4.06. The number of nitrogens with zero attached hydrogens (tertiary/aromatic N) is 1. The second kappa shape index (κ2) is 9.36. The van der Waals surface area contributed by atoms with Crippen LogP contribution in [-0.4, -0.2) is 37.4 Å². The Hall–Kier alpha value is -2.37. The van der Waals surface area contributed by atoms with E-state index in [9.17, 15) is 9.59 Å². The monoisotopic (exact) mass is 373 g/mol. The molecule has 2 rings (SSSR count). The van der Waals surface area contributed by atoms with Crippen molar-refractivity contribution in [3.8, 4) is 0 Å². The van der Waals surface area contributed by atoms with Gasteiger partial charge in [-0.25, -0.2) is 0 Å². The zero-order valence-corrected chi connectivity index (χ0v) is 16.0. The maximum Gasteiger partial charge on any atom is 0.251 e. The molecule has 0 aliphatic carbocycles. The van der Waals surface area contributed by atoms with Crippen LogP contribution in [0.1, 0.15) is 34.5 Å². The van der Waals surface area contributed by atoms with Gasteiger partial charge in [-0.3, -0.25) is 14.5 Å². The fraction of sp³-hybridized carbons (Fsp3) is 0.300. The molecule has 0 saturated carbocycles. The van der Waals surface area contributed by atoms with E-state index >= 15 is 0 Å². The van der Waals surface area contributed by atoms with Gasteiger partial charge in [-0.1, -0.05) is 35.9 Å². The lowest BCUT2D eigenvalue weighted by atomic mass is 10.1. The molecule has 138 valence electrons. The van der Waals surface area contributed by atoms with Gasteiger partial charge in [0.1, 0.15) is 0 Å². The van der Waals surface area contributed by atoms with Crippen molar-refractivity contribution in [2.45, 2.75) is 19.5 Å². The molecule has 1 atom stereocenters. The van der Waals surface area contributed by atoms with E-state index in [0.717, 1.165) is 11.1 Å². The molecule has 0 bridgehead atoms. The predicted octanol–water partition coefficient (Wildman–Crippen LogP) is 3.01. The van der Waals surface area contributed by atoms with Crippen LogP contribution < -0.4 is 10.6 Å². The van der Waals surface area contributed by atoms with Gasteiger partial charge in [-0.2, -0.15) is 0 Å². The molecule has 0 aliphatic rings. The molecule has 2 amide bonds. The van der Waals surface area contributed by atoms with Crippen molar-refractivity contribution in [3.63, 3.8) is 0 Å². The molecule has 0 aliphatic heterocycles. The Morgan fingerprint density at radius 2 is 1.69 bits per heavy atom. The molecular formula is C20H24ClN3O2. The first kappa shape index (κ1) is 19.9. The number of hydrogen-bond acceptors (Lipinski definition) is 3. The number of halogens is 1. The SMILES string of the molecule is CNC(=O)c1ccc(CN(C)CC(=O)N[C@H](C)c2ccc(Cl)cc2)cc1. The first-order valence-electron chi connectivity index (χ1n) is 8.43. The Kier molecular flexibility index (Phi) is 7.18. The summed E-state index contributed by atoms with van der Waals surface area (Å²) in [5.41, 5.74) is 2.67. The Morgan fingerprint density at radius 3 is 2.27 bits per heavy atom. The lowest BCUT2D eigenvalue weighted by Gasteiger charge is -2.19. The topological polar surface area (TPSA) is 61.4 Å². The number of benzene rings is 2. The molecule has 5 nitrogen and oxygen atoms in total. The fourth-order valence-electron chi connectivity index (χ4n) is 2.64. The average molecular weight is 374 g/mol. The van der Waals surface area contributed by atoms with Crippen LogP contribution in [0.3, 0.4) is 0 Å². The summed E-state index contributed by atoms with van der Waals surface area (Å²) in [6.45, 7) is 2.85. The number of nitrogens with one attached hydrogen (secondary N) is 2. The average Bonchev–Trinajstić information content (AvgIpc) is 2.61. The van der Waals surface area contributed by atoms with Crippen LogP contribution in [0.4, 0.5) is 0 Å². The van der Waals surface area contributed by atoms with Gasteiger partial charge in [0.15, 0.2) is 0 Å². The van der Waals surface area contributed by atoms with Gasteiger partial charge in [-0.15, -0.1) is 0 Å². The highest BCUT2D eigenvalue weighted by Crippen LogP contribution is 2.16. The lowest BCUT2D eigenvalue weighted by molar-refractivity contribution is -0.122. The number of hydrogen-bond donors (Lipinski definition) is 2. The number of carbonyl (C=O) groups excluding carboxylic acids is 2. The van der Waals surface area contributed by atoms with Crippen molar-refractivity contribution in [1.29, 1.82) is 0 Å². The highest BCUT2D eigenvalue weighted by atomic mass is 35.5. The molecule has 0 aromatic heterocycles. The molecule has 0 spiro atoms. The second-order valence-corrected chi connectivity index (χ2v) is 6.73. The summed E-state index contributed by atoms with van der Waals surface area (Å²) in [7, 11) is 3.49. The number of rotatable bonds is 7. The van der Waals surface area contributed by atoms with E-state index in [1.54, 1.807) is 19.2 Å². The number of likely N-dealkylation sites (N-methyl/N-ethyl adjacent to an activating group) is 1. The number of amides is 2. The van der Waals surface area contributed by atoms with Crippen LogP contribution in [-0.2, 0) is 11.3 Å². The van der Waals surface area contributed by atoms with Crippen molar-refractivity contribution in [3.05, 3.63) is 70.2 Å². The fourth-order valence-corrected chi connectivity index (χ4v) is 2.77. The van der Waals surface area contributed by atoms with Gasteiger partial charge in [0.05, 0.1) is 12.6 Å². The van der Waals surface area contributed by atoms with Crippen LogP contribution in [0, 0.1) is 0 Å². The minimum absolute atomic E-state index is 0.0445. The summed E-state index contributed by atoms with van der Waals surface area (Å²) < 4.78 is 0. The molecule has 2 aromatic rings. The molecule has 2 N–H and O–H groups in total. The van der Waals surface area contributed by atoms with Gasteiger partial charge < -0.3 is 10.6 Å². The van der Waals surface area contributed by atoms with E-state index in [4.69, 9.17) is 11.6 Å². The largest absolute Gasteiger partial charge is 0.355 e. The highest BCUT2D eigenvalue weighted by Gasteiger charge is 2.12. The third kappa shape index (κ3) is 5.86. The smallest absolute Gasteiger partial charge is 0.251 e. The summed E-state index contributed by atoms with van der Waals surface area (Å²) in [5, 5.41) is 6.26. The molecule has 0 saturated heterocycles. The predicted molar refractivity (Wildman–Crippen MR) is 104 cm³/mol. The highest BCUT2D eigenvalue weighted by molar-refractivity contribution is 6.30. The molecule has 0 fully saturated rings. The minimum Gasteiger partial charge on any atom is -0.355 e. The van der Waals surface area contributed by atoms with Gasteiger partial charge in [0.2, 0.25) is 5.91 Å². The molecule has 2 aromatic carbocycles. The minimum atomic E-state index is -0.111. The summed E-state index contributed by atoms with van der Waals surface area (Å²) >= 11 is 5.89. The standard InChI is InChI=1S/C20H24ClN3O2/c1-14(16-8-10-18(21)11-9-16)23-19(25)13-24(3)12-15-4-6-17(7-5-15)20(26)22-2/h4-11,14H,12-13H2,1-3H3,(H,22,26)(H,23,25)/t14-/m1/s1. The Labute approximate surface area is 159 Å². The van der Waals surface area contributed by atoms with E-state index in [1.807, 2.05) is 55.3 Å². The van der Waals surface area contributed by atoms with E-state index < -0.39 is 0 Å². The molecule has 0 heterocycles. The molecule has 0 unspecified atom stereocenters. The summed E-state index contributed by atoms with van der Waals surface area (Å²) in [6.07, 6.45) is 0. The summed E-state index contributed by atoms with van der Waals surface area (Å²) in [4.78, 5) is 25.7. The maximum absolute atomic E-state index is 12.2. The normalized spacial score (nSPS) is 11.9. The van der Waals surface area contributed by atoms with Crippen LogP contribution in [0.25, 0.3) is 0 Å². The van der Waals surface area contributed by atoms with Crippen molar-refractivity contribution in [2.75, 3.05) is 20.6 Å². The Bertz CT molecular complexity index is 745. The van der Waals surface area contributed by atoms with Crippen LogP contribution in [0.2, 0.25) is 5.02 Å².